The van der Waals surface area contributed by atoms with Gasteiger partial charge < -0.3 is 54.4 Å². The predicted molar refractivity (Wildman–Crippen MR) is 123 cm³/mol. The van der Waals surface area contributed by atoms with E-state index in [2.05, 4.69) is 0 Å². The summed E-state index contributed by atoms with van der Waals surface area (Å²) < 4.78 is 21.9. The molecule has 14 nitrogen and oxygen atoms in total. The van der Waals surface area contributed by atoms with Crippen LogP contribution in [0.25, 0.3) is 22.3 Å². The summed E-state index contributed by atoms with van der Waals surface area (Å²) in [4.78, 5) is 36.4. The molecule has 7 N–H and O–H groups in total. The molecule has 1 saturated heterocycles. The van der Waals surface area contributed by atoms with Crippen LogP contribution < -0.4 is 10.2 Å². The van der Waals surface area contributed by atoms with Crippen LogP contribution in [0.15, 0.2) is 45.6 Å². The molecule has 4 rings (SSSR count). The summed E-state index contributed by atoms with van der Waals surface area (Å²) >= 11 is 0. The van der Waals surface area contributed by atoms with E-state index in [-0.39, 0.29) is 22.7 Å². The van der Waals surface area contributed by atoms with Crippen LogP contribution in [0.4, 0.5) is 0 Å². The number of carboxylic acid groups (broad SMARTS) is 1. The number of esters is 1. The van der Waals surface area contributed by atoms with Gasteiger partial charge in [0, 0.05) is 17.7 Å². The molecule has 2 heterocycles. The van der Waals surface area contributed by atoms with Crippen molar-refractivity contribution in [2.45, 2.75) is 37.1 Å². The molecule has 0 radical (unpaired) electrons. The maximum absolute atomic E-state index is 13.5. The van der Waals surface area contributed by atoms with Gasteiger partial charge in [-0.05, 0) is 24.3 Å². The topological polar surface area (TPSA) is 234 Å². The van der Waals surface area contributed by atoms with Gasteiger partial charge in [0.25, 0.3) is 0 Å². The SMILES string of the molecule is O=C(O)CC(=O)O[C@@H]1[C@@H](Oc2c(-c3ccc(O)cc3)oc3cc(O)cc(O)c3c2=O)O[C@@H](CO)[C@H](O)[C@H]1O. The second-order valence-electron chi connectivity index (χ2n) is 8.32. The first-order valence-corrected chi connectivity index (χ1v) is 11.0. The number of hydrogen-bond donors (Lipinski definition) is 7. The van der Waals surface area contributed by atoms with Crippen molar-refractivity contribution in [2.24, 2.45) is 0 Å². The number of fused-ring (bicyclic) bond motifs is 1. The summed E-state index contributed by atoms with van der Waals surface area (Å²) in [7, 11) is 0. The van der Waals surface area contributed by atoms with Crippen LogP contribution in [-0.4, -0.2) is 85.0 Å². The van der Waals surface area contributed by atoms with E-state index in [4.69, 9.17) is 23.7 Å². The molecule has 1 fully saturated rings. The highest BCUT2D eigenvalue weighted by Gasteiger charge is 2.48. The van der Waals surface area contributed by atoms with Crippen molar-refractivity contribution in [3.05, 3.63) is 46.6 Å². The molecule has 0 saturated carbocycles. The number of phenols is 3. The molecule has 38 heavy (non-hydrogen) atoms. The Kier molecular flexibility index (Phi) is 7.41. The molecule has 5 atom stereocenters. The van der Waals surface area contributed by atoms with E-state index in [1.165, 1.54) is 24.3 Å². The summed E-state index contributed by atoms with van der Waals surface area (Å²) in [5.41, 5.74) is -1.08. The van der Waals surface area contributed by atoms with Crippen LogP contribution in [0.2, 0.25) is 0 Å². The minimum Gasteiger partial charge on any atom is -0.508 e. The summed E-state index contributed by atoms with van der Waals surface area (Å²) in [6.45, 7) is -0.828. The van der Waals surface area contributed by atoms with Gasteiger partial charge in [0.2, 0.25) is 17.5 Å². The van der Waals surface area contributed by atoms with E-state index >= 15 is 0 Å². The zero-order valence-electron chi connectivity index (χ0n) is 19.3. The standard InChI is InChI=1S/C24H22O14/c25-8-14-18(32)20(34)23(37-16(31)7-15(29)30)24(36-14)38-22-19(33)17-12(28)5-11(27)6-13(17)35-21(22)9-1-3-10(26)4-2-9/h1-6,14,18,20,23-28,32,34H,7-8H2,(H,29,30)/t14-,18-,20+,23-,24+/m0/s1. The van der Waals surface area contributed by atoms with Crippen LogP contribution in [-0.2, 0) is 19.1 Å². The highest BCUT2D eigenvalue weighted by Crippen LogP contribution is 2.37. The van der Waals surface area contributed by atoms with E-state index in [1.54, 1.807) is 0 Å². The molecule has 0 bridgehead atoms. The largest absolute Gasteiger partial charge is 0.508 e. The van der Waals surface area contributed by atoms with Gasteiger partial charge in [-0.25, -0.2) is 0 Å². The molecule has 3 aromatic rings. The van der Waals surface area contributed by atoms with Crippen molar-refractivity contribution in [3.63, 3.8) is 0 Å². The molecular formula is C24H22O14. The van der Waals surface area contributed by atoms with Crippen molar-refractivity contribution < 1.29 is 64.0 Å². The summed E-state index contributed by atoms with van der Waals surface area (Å²) in [6.07, 6.45) is -10.1. The molecule has 0 unspecified atom stereocenters. The van der Waals surface area contributed by atoms with Gasteiger partial charge in [-0.15, -0.1) is 0 Å². The number of rotatable bonds is 7. The fraction of sp³-hybridized carbons (Fsp3) is 0.292. The Morgan fingerprint density at radius 1 is 0.974 bits per heavy atom. The number of ether oxygens (including phenoxy) is 3. The van der Waals surface area contributed by atoms with Crippen LogP contribution >= 0.6 is 0 Å². The minimum atomic E-state index is -1.95. The van der Waals surface area contributed by atoms with Crippen molar-refractivity contribution in [2.75, 3.05) is 6.61 Å². The number of benzene rings is 2. The Morgan fingerprint density at radius 2 is 1.66 bits per heavy atom. The van der Waals surface area contributed by atoms with E-state index in [0.29, 0.717) is 0 Å². The van der Waals surface area contributed by atoms with Gasteiger partial charge in [-0.3, -0.25) is 14.4 Å². The highest BCUT2D eigenvalue weighted by molar-refractivity contribution is 5.90. The summed E-state index contributed by atoms with van der Waals surface area (Å²) in [5.74, 6) is -5.04. The Balaban J connectivity index is 1.86. The number of carbonyl (C=O) groups excluding carboxylic acids is 1. The lowest BCUT2D eigenvalue weighted by Crippen LogP contribution is -2.61. The first-order valence-electron chi connectivity index (χ1n) is 11.0. The van der Waals surface area contributed by atoms with Crippen molar-refractivity contribution in [1.82, 2.24) is 0 Å². The number of aliphatic carboxylic acids is 1. The van der Waals surface area contributed by atoms with Crippen LogP contribution in [0, 0.1) is 0 Å². The molecule has 14 heteroatoms. The molecule has 0 amide bonds. The van der Waals surface area contributed by atoms with Crippen molar-refractivity contribution >= 4 is 22.9 Å². The van der Waals surface area contributed by atoms with Gasteiger partial charge in [-0.2, -0.15) is 0 Å². The van der Waals surface area contributed by atoms with Crippen LogP contribution in [0.1, 0.15) is 6.42 Å². The van der Waals surface area contributed by atoms with Gasteiger partial charge in [0.1, 0.15) is 53.0 Å². The lowest BCUT2D eigenvalue weighted by molar-refractivity contribution is -0.282. The Hall–Kier alpha value is -4.37. The Bertz CT molecular complexity index is 1410. The Labute approximate surface area is 212 Å². The number of aromatic hydroxyl groups is 3. The van der Waals surface area contributed by atoms with E-state index < -0.39 is 83.7 Å². The third-order valence-electron chi connectivity index (χ3n) is 5.67. The molecular weight excluding hydrogens is 512 g/mol. The zero-order chi connectivity index (χ0) is 27.7. The Morgan fingerprint density at radius 3 is 2.29 bits per heavy atom. The predicted octanol–water partition coefficient (Wildman–Crippen LogP) is -0.219. The molecule has 202 valence electrons. The van der Waals surface area contributed by atoms with Gasteiger partial charge in [-0.1, -0.05) is 0 Å². The third-order valence-corrected chi connectivity index (χ3v) is 5.67. The normalized spacial score (nSPS) is 23.2. The average Bonchev–Trinajstić information content (AvgIpc) is 2.84. The number of carbonyl (C=O) groups is 2. The first-order chi connectivity index (χ1) is 18.0. The third kappa shape index (κ3) is 5.19. The molecule has 2 aromatic carbocycles. The van der Waals surface area contributed by atoms with E-state index in [9.17, 15) is 45.0 Å². The second kappa shape index (κ2) is 10.5. The maximum atomic E-state index is 13.5. The van der Waals surface area contributed by atoms with Crippen molar-refractivity contribution in [1.29, 1.82) is 0 Å². The highest BCUT2D eigenvalue weighted by atomic mass is 16.7. The zero-order valence-corrected chi connectivity index (χ0v) is 19.3. The van der Waals surface area contributed by atoms with Crippen LogP contribution in [0.3, 0.4) is 0 Å². The summed E-state index contributed by atoms with van der Waals surface area (Å²) in [6, 6.07) is 7.14. The quantitative estimate of drug-likeness (QED) is 0.153. The molecule has 1 aliphatic heterocycles. The van der Waals surface area contributed by atoms with E-state index in [1.807, 2.05) is 0 Å². The fourth-order valence-electron chi connectivity index (χ4n) is 3.89. The summed E-state index contributed by atoms with van der Waals surface area (Å²) in [5, 5.41) is 68.6. The second-order valence-corrected chi connectivity index (χ2v) is 8.32. The fourth-order valence-corrected chi connectivity index (χ4v) is 3.89. The smallest absolute Gasteiger partial charge is 0.317 e. The molecule has 0 aliphatic carbocycles. The number of phenolic OH excluding ortho intramolecular Hbond substituents is 3. The molecule has 1 aromatic heterocycles. The lowest BCUT2D eigenvalue weighted by atomic mass is 9.99. The number of carboxylic acids is 1. The first kappa shape index (κ1) is 26.7. The number of hydrogen-bond acceptors (Lipinski definition) is 13. The monoisotopic (exact) mass is 534 g/mol. The van der Waals surface area contributed by atoms with Crippen LogP contribution in [0.5, 0.6) is 23.0 Å². The molecule has 0 spiro atoms. The van der Waals surface area contributed by atoms with Gasteiger partial charge in [0.05, 0.1) is 6.61 Å². The lowest BCUT2D eigenvalue weighted by Gasteiger charge is -2.41. The van der Waals surface area contributed by atoms with Gasteiger partial charge in [0.15, 0.2) is 11.9 Å². The average molecular weight is 534 g/mol. The molecule has 1 aliphatic rings. The number of aliphatic hydroxyl groups is 3. The van der Waals surface area contributed by atoms with E-state index in [0.717, 1.165) is 12.1 Å². The van der Waals surface area contributed by atoms with Crippen molar-refractivity contribution in [3.8, 4) is 34.3 Å². The minimum absolute atomic E-state index is 0.126. The number of aliphatic hydroxyl groups excluding tert-OH is 3. The maximum Gasteiger partial charge on any atom is 0.317 e. The van der Waals surface area contributed by atoms with Gasteiger partial charge >= 0.3 is 11.9 Å².